The third-order valence-electron chi connectivity index (χ3n) is 3.45. The van der Waals surface area contributed by atoms with Crippen LogP contribution in [0.1, 0.15) is 23.5 Å². The third-order valence-corrected chi connectivity index (χ3v) is 3.45. The van der Waals surface area contributed by atoms with Crippen LogP contribution in [0.2, 0.25) is 0 Å². The molecule has 1 aliphatic rings. The fourth-order valence-corrected chi connectivity index (χ4v) is 2.38. The van der Waals surface area contributed by atoms with E-state index in [4.69, 9.17) is 0 Å². The average Bonchev–Trinajstić information content (AvgIpc) is 3.08. The molecule has 1 aromatic heterocycles. The Hall–Kier alpha value is -2.38. The topological polar surface area (TPSA) is 70.7 Å². The number of H-pyrrole nitrogens is 1. The van der Waals surface area contributed by atoms with Gasteiger partial charge in [0.25, 0.3) is 0 Å². The SMILES string of the molecule is O=C(Nc1ncn[nH]1)C1CC1c1ccccc1C(F)(F)F. The van der Waals surface area contributed by atoms with E-state index in [1.807, 2.05) is 0 Å². The molecule has 1 saturated carbocycles. The molecular formula is C13H11F3N4O. The van der Waals surface area contributed by atoms with Crippen molar-refractivity contribution in [1.82, 2.24) is 15.2 Å². The van der Waals surface area contributed by atoms with Crippen molar-refractivity contribution in [3.63, 3.8) is 0 Å². The Morgan fingerprint density at radius 2 is 2.10 bits per heavy atom. The van der Waals surface area contributed by atoms with Crippen molar-refractivity contribution < 1.29 is 18.0 Å². The number of aromatic nitrogens is 3. The van der Waals surface area contributed by atoms with E-state index in [1.165, 1.54) is 18.5 Å². The van der Waals surface area contributed by atoms with E-state index in [0.29, 0.717) is 6.42 Å². The first-order valence-corrected chi connectivity index (χ1v) is 6.29. The maximum Gasteiger partial charge on any atom is 0.416 e. The number of aromatic amines is 1. The standard InChI is InChI=1S/C13H11F3N4O/c14-13(15,16)10-4-2-1-3-7(10)8-5-9(8)11(21)19-12-17-6-18-20-12/h1-4,6,8-9H,5H2,(H2,17,18,19,20,21). The minimum Gasteiger partial charge on any atom is -0.295 e. The molecule has 1 aromatic carbocycles. The van der Waals surface area contributed by atoms with Gasteiger partial charge < -0.3 is 0 Å². The maximum absolute atomic E-state index is 12.9. The van der Waals surface area contributed by atoms with Gasteiger partial charge in [-0.25, -0.2) is 5.10 Å². The van der Waals surface area contributed by atoms with Crippen LogP contribution in [0.3, 0.4) is 0 Å². The molecule has 1 fully saturated rings. The molecule has 0 aliphatic heterocycles. The van der Waals surface area contributed by atoms with Crippen LogP contribution in [-0.2, 0) is 11.0 Å². The monoisotopic (exact) mass is 296 g/mol. The van der Waals surface area contributed by atoms with E-state index in [-0.39, 0.29) is 17.4 Å². The lowest BCUT2D eigenvalue weighted by Crippen LogP contribution is -2.16. The predicted molar refractivity (Wildman–Crippen MR) is 67.3 cm³/mol. The zero-order valence-corrected chi connectivity index (χ0v) is 10.7. The summed E-state index contributed by atoms with van der Waals surface area (Å²) in [4.78, 5) is 15.7. The number of hydrogen-bond donors (Lipinski definition) is 2. The quantitative estimate of drug-likeness (QED) is 0.914. The van der Waals surface area contributed by atoms with Crippen molar-refractivity contribution in [1.29, 1.82) is 0 Å². The van der Waals surface area contributed by atoms with Crippen LogP contribution in [-0.4, -0.2) is 21.1 Å². The van der Waals surface area contributed by atoms with Gasteiger partial charge in [-0.3, -0.25) is 10.1 Å². The number of alkyl halides is 3. The summed E-state index contributed by atoms with van der Waals surface area (Å²) in [6, 6.07) is 5.36. The minimum atomic E-state index is -4.41. The summed E-state index contributed by atoms with van der Waals surface area (Å²) in [7, 11) is 0. The van der Waals surface area contributed by atoms with Crippen molar-refractivity contribution in [3.05, 3.63) is 41.7 Å². The molecule has 8 heteroatoms. The second-order valence-electron chi connectivity index (χ2n) is 4.86. The van der Waals surface area contributed by atoms with Gasteiger partial charge in [-0.15, -0.1) is 0 Å². The molecule has 2 N–H and O–H groups in total. The van der Waals surface area contributed by atoms with Gasteiger partial charge in [0.15, 0.2) is 0 Å². The van der Waals surface area contributed by atoms with Crippen LogP contribution in [0.15, 0.2) is 30.6 Å². The van der Waals surface area contributed by atoms with Crippen molar-refractivity contribution >= 4 is 11.9 Å². The molecule has 2 atom stereocenters. The number of anilines is 1. The molecular weight excluding hydrogens is 285 g/mol. The van der Waals surface area contributed by atoms with E-state index in [0.717, 1.165) is 6.07 Å². The first-order valence-electron chi connectivity index (χ1n) is 6.29. The lowest BCUT2D eigenvalue weighted by Gasteiger charge is -2.12. The Labute approximate surface area is 117 Å². The highest BCUT2D eigenvalue weighted by Crippen LogP contribution is 2.51. The summed E-state index contributed by atoms with van der Waals surface area (Å²) in [5, 5.41) is 8.54. The van der Waals surface area contributed by atoms with Gasteiger partial charge in [0.2, 0.25) is 11.9 Å². The summed E-state index contributed by atoms with van der Waals surface area (Å²) in [5.41, 5.74) is -0.507. The normalized spacial score (nSPS) is 21.1. The van der Waals surface area contributed by atoms with E-state index in [2.05, 4.69) is 20.5 Å². The number of halogens is 3. The molecule has 2 unspecified atom stereocenters. The van der Waals surface area contributed by atoms with Gasteiger partial charge >= 0.3 is 6.18 Å². The summed E-state index contributed by atoms with van der Waals surface area (Å²) < 4.78 is 38.8. The number of carbonyl (C=O) groups is 1. The number of hydrogen-bond acceptors (Lipinski definition) is 3. The molecule has 0 bridgehead atoms. The number of benzene rings is 1. The fourth-order valence-electron chi connectivity index (χ4n) is 2.38. The molecule has 5 nitrogen and oxygen atoms in total. The van der Waals surface area contributed by atoms with Crippen molar-refractivity contribution in [2.45, 2.75) is 18.5 Å². The van der Waals surface area contributed by atoms with E-state index in [9.17, 15) is 18.0 Å². The molecule has 2 aromatic rings. The van der Waals surface area contributed by atoms with Gasteiger partial charge in [0, 0.05) is 5.92 Å². The molecule has 0 spiro atoms. The van der Waals surface area contributed by atoms with Crippen LogP contribution in [0.4, 0.5) is 19.1 Å². The molecule has 110 valence electrons. The summed E-state index contributed by atoms with van der Waals surface area (Å²) in [6.07, 6.45) is -2.78. The Morgan fingerprint density at radius 3 is 2.76 bits per heavy atom. The van der Waals surface area contributed by atoms with Gasteiger partial charge in [-0.2, -0.15) is 23.3 Å². The maximum atomic E-state index is 12.9. The van der Waals surface area contributed by atoms with E-state index >= 15 is 0 Å². The van der Waals surface area contributed by atoms with Gasteiger partial charge in [0.1, 0.15) is 6.33 Å². The van der Waals surface area contributed by atoms with Crippen LogP contribution in [0.5, 0.6) is 0 Å². The first-order chi connectivity index (χ1) is 9.97. The molecule has 1 aliphatic carbocycles. The van der Waals surface area contributed by atoms with E-state index < -0.39 is 23.6 Å². The second kappa shape index (κ2) is 4.87. The van der Waals surface area contributed by atoms with Crippen molar-refractivity contribution in [3.8, 4) is 0 Å². The number of rotatable bonds is 3. The fraction of sp³-hybridized carbons (Fsp3) is 0.308. The lowest BCUT2D eigenvalue weighted by atomic mass is 10.0. The highest BCUT2D eigenvalue weighted by atomic mass is 19.4. The Balaban J connectivity index is 1.75. The molecule has 0 saturated heterocycles. The predicted octanol–water partition coefficient (Wildman–Crippen LogP) is 2.57. The summed E-state index contributed by atoms with van der Waals surface area (Å²) >= 11 is 0. The Bertz CT molecular complexity index is 654. The summed E-state index contributed by atoms with van der Waals surface area (Å²) in [5.74, 6) is -1.05. The smallest absolute Gasteiger partial charge is 0.295 e. The highest BCUT2D eigenvalue weighted by molar-refractivity contribution is 5.93. The average molecular weight is 296 g/mol. The van der Waals surface area contributed by atoms with Crippen LogP contribution < -0.4 is 5.32 Å². The number of nitrogens with one attached hydrogen (secondary N) is 2. The molecule has 1 heterocycles. The van der Waals surface area contributed by atoms with Crippen LogP contribution >= 0.6 is 0 Å². The lowest BCUT2D eigenvalue weighted by molar-refractivity contribution is -0.138. The van der Waals surface area contributed by atoms with Gasteiger partial charge in [-0.1, -0.05) is 18.2 Å². The van der Waals surface area contributed by atoms with Gasteiger partial charge in [-0.05, 0) is 24.0 Å². The van der Waals surface area contributed by atoms with Crippen molar-refractivity contribution in [2.24, 2.45) is 5.92 Å². The van der Waals surface area contributed by atoms with Crippen LogP contribution in [0.25, 0.3) is 0 Å². The number of amides is 1. The molecule has 3 rings (SSSR count). The second-order valence-corrected chi connectivity index (χ2v) is 4.86. The van der Waals surface area contributed by atoms with E-state index in [1.54, 1.807) is 6.07 Å². The summed E-state index contributed by atoms with van der Waals surface area (Å²) in [6.45, 7) is 0. The molecule has 21 heavy (non-hydrogen) atoms. The van der Waals surface area contributed by atoms with Crippen molar-refractivity contribution in [2.75, 3.05) is 5.32 Å². The largest absolute Gasteiger partial charge is 0.416 e. The Kier molecular flexibility index (Phi) is 3.15. The minimum absolute atomic E-state index is 0.169. The number of nitrogens with zero attached hydrogens (tertiary/aromatic N) is 2. The highest BCUT2D eigenvalue weighted by Gasteiger charge is 2.47. The third kappa shape index (κ3) is 2.74. The van der Waals surface area contributed by atoms with Gasteiger partial charge in [0.05, 0.1) is 5.56 Å². The Morgan fingerprint density at radius 1 is 1.33 bits per heavy atom. The number of carbonyl (C=O) groups excluding carboxylic acids is 1. The molecule has 0 radical (unpaired) electrons. The zero-order chi connectivity index (χ0) is 15.0. The first kappa shape index (κ1) is 13.6. The zero-order valence-electron chi connectivity index (χ0n) is 10.7. The molecule has 1 amide bonds. The van der Waals surface area contributed by atoms with Crippen LogP contribution in [0, 0.1) is 5.92 Å².